The van der Waals surface area contributed by atoms with Crippen LogP contribution < -0.4 is 10.6 Å². The highest BCUT2D eigenvalue weighted by molar-refractivity contribution is 5.85. The summed E-state index contributed by atoms with van der Waals surface area (Å²) in [5, 5.41) is 14.0. The third kappa shape index (κ3) is 12.9. The van der Waals surface area contributed by atoms with Gasteiger partial charge in [0.2, 0.25) is 11.8 Å². The van der Waals surface area contributed by atoms with Gasteiger partial charge in [-0.05, 0) is 6.42 Å². The van der Waals surface area contributed by atoms with Gasteiger partial charge in [0.1, 0.15) is 12.6 Å². The summed E-state index contributed by atoms with van der Waals surface area (Å²) < 4.78 is 10.5. The molecule has 0 radical (unpaired) electrons. The first-order chi connectivity index (χ1) is 12.6. The maximum atomic E-state index is 11.7. The van der Waals surface area contributed by atoms with E-state index in [0.717, 1.165) is 0 Å². The number of nitrogens with one attached hydrogen (secondary N) is 2. The van der Waals surface area contributed by atoms with Crippen LogP contribution in [0.5, 0.6) is 0 Å². The van der Waals surface area contributed by atoms with Gasteiger partial charge in [0.05, 0.1) is 19.8 Å². The summed E-state index contributed by atoms with van der Waals surface area (Å²) in [6, 6.07) is -1.08. The molecule has 0 aliphatic carbocycles. The Kier molecular flexibility index (Phi) is 12.2. The molecule has 27 heavy (non-hydrogen) atoms. The zero-order chi connectivity index (χ0) is 20.9. The normalized spacial score (nSPS) is 12.3. The molecule has 9 nitrogen and oxygen atoms in total. The van der Waals surface area contributed by atoms with E-state index in [1.807, 2.05) is 20.8 Å². The Bertz CT molecular complexity index is 500. The van der Waals surface area contributed by atoms with E-state index in [4.69, 9.17) is 14.6 Å². The van der Waals surface area contributed by atoms with Crippen molar-refractivity contribution in [3.05, 3.63) is 0 Å². The number of ether oxygens (including phenoxy) is 2. The third-order valence-corrected chi connectivity index (χ3v) is 3.62. The smallest absolute Gasteiger partial charge is 0.326 e. The van der Waals surface area contributed by atoms with Gasteiger partial charge < -0.3 is 25.2 Å². The number of rotatable bonds is 14. The van der Waals surface area contributed by atoms with Crippen LogP contribution >= 0.6 is 0 Å². The molecule has 9 heteroatoms. The fourth-order valence-corrected chi connectivity index (χ4v) is 1.78. The van der Waals surface area contributed by atoms with Crippen LogP contribution in [-0.2, 0) is 28.7 Å². The van der Waals surface area contributed by atoms with Crippen LogP contribution in [0.15, 0.2) is 0 Å². The molecule has 0 fully saturated rings. The van der Waals surface area contributed by atoms with Crippen molar-refractivity contribution in [3.8, 4) is 0 Å². The molecule has 0 unspecified atom stereocenters. The maximum Gasteiger partial charge on any atom is 0.326 e. The van der Waals surface area contributed by atoms with Crippen molar-refractivity contribution in [2.45, 2.75) is 53.0 Å². The lowest BCUT2D eigenvalue weighted by Gasteiger charge is -2.16. The van der Waals surface area contributed by atoms with Crippen LogP contribution in [0, 0.1) is 5.41 Å². The molecule has 0 saturated heterocycles. The van der Waals surface area contributed by atoms with Gasteiger partial charge in [-0.25, -0.2) is 4.79 Å². The number of aliphatic carboxylic acids is 1. The van der Waals surface area contributed by atoms with Gasteiger partial charge in [-0.15, -0.1) is 0 Å². The van der Waals surface area contributed by atoms with E-state index in [1.165, 1.54) is 0 Å². The number of hydrogen-bond acceptors (Lipinski definition) is 6. The molecule has 0 aliphatic rings. The van der Waals surface area contributed by atoms with Gasteiger partial charge in [-0.3, -0.25) is 14.4 Å². The summed E-state index contributed by atoms with van der Waals surface area (Å²) in [6.07, 6.45) is 0.184. The van der Waals surface area contributed by atoms with E-state index in [2.05, 4.69) is 10.6 Å². The first-order valence-corrected chi connectivity index (χ1v) is 9.05. The minimum Gasteiger partial charge on any atom is -0.480 e. The molecule has 0 aromatic carbocycles. The second-order valence-corrected chi connectivity index (χ2v) is 7.04. The second kappa shape index (κ2) is 13.2. The maximum absolute atomic E-state index is 11.7. The second-order valence-electron chi connectivity index (χ2n) is 7.04. The quantitative estimate of drug-likeness (QED) is 0.370. The van der Waals surface area contributed by atoms with Crippen molar-refractivity contribution in [2.24, 2.45) is 5.41 Å². The molecule has 0 spiro atoms. The number of ketones is 1. The minimum absolute atomic E-state index is 0.0149. The summed E-state index contributed by atoms with van der Waals surface area (Å²) >= 11 is 0. The lowest BCUT2D eigenvalue weighted by molar-refractivity contribution is -0.142. The molecule has 0 saturated carbocycles. The van der Waals surface area contributed by atoms with Gasteiger partial charge >= 0.3 is 5.97 Å². The Labute approximate surface area is 160 Å². The van der Waals surface area contributed by atoms with E-state index in [0.29, 0.717) is 6.61 Å². The molecule has 0 aliphatic heterocycles. The topological polar surface area (TPSA) is 131 Å². The number of carbonyl (C=O) groups is 4. The average Bonchev–Trinajstić information content (AvgIpc) is 2.59. The van der Waals surface area contributed by atoms with Crippen molar-refractivity contribution >= 4 is 23.6 Å². The zero-order valence-corrected chi connectivity index (χ0v) is 16.6. The Morgan fingerprint density at radius 1 is 1.00 bits per heavy atom. The highest BCUT2D eigenvalue weighted by Crippen LogP contribution is 2.14. The first-order valence-electron chi connectivity index (χ1n) is 9.05. The number of Topliss-reactive ketones (excluding diaryl/α,β-unsaturated/α-hetero) is 1. The molecule has 3 N–H and O–H groups in total. The SMILES string of the molecule is CCC(=O)N[C@@H](CCC(=O)NCCOCCOCC(=O)C(C)(C)C)C(=O)O. The van der Waals surface area contributed by atoms with Crippen molar-refractivity contribution in [1.29, 1.82) is 0 Å². The number of carbonyl (C=O) groups excluding carboxylic acids is 3. The Balaban J connectivity index is 3.75. The minimum atomic E-state index is -1.17. The molecule has 0 rings (SSSR count). The van der Waals surface area contributed by atoms with Crippen LogP contribution in [0.3, 0.4) is 0 Å². The summed E-state index contributed by atoms with van der Waals surface area (Å²) in [5.74, 6) is -1.84. The highest BCUT2D eigenvalue weighted by atomic mass is 16.5. The predicted octanol–water partition coefficient (Wildman–Crippen LogP) is 0.511. The van der Waals surface area contributed by atoms with Crippen LogP contribution in [-0.4, -0.2) is 67.7 Å². The summed E-state index contributed by atoms with van der Waals surface area (Å²) in [7, 11) is 0. The molecule has 1 atom stereocenters. The Morgan fingerprint density at radius 2 is 1.63 bits per heavy atom. The fourth-order valence-electron chi connectivity index (χ4n) is 1.78. The number of amides is 2. The van der Waals surface area contributed by atoms with E-state index in [-0.39, 0.29) is 63.2 Å². The lowest BCUT2D eigenvalue weighted by Crippen LogP contribution is -2.41. The lowest BCUT2D eigenvalue weighted by atomic mass is 9.91. The van der Waals surface area contributed by atoms with Crippen molar-refractivity contribution in [1.82, 2.24) is 10.6 Å². The predicted molar refractivity (Wildman–Crippen MR) is 98.2 cm³/mol. The van der Waals surface area contributed by atoms with Crippen LogP contribution in [0.25, 0.3) is 0 Å². The first kappa shape index (κ1) is 25.0. The van der Waals surface area contributed by atoms with Crippen LogP contribution in [0.2, 0.25) is 0 Å². The van der Waals surface area contributed by atoms with E-state index < -0.39 is 17.4 Å². The Morgan fingerprint density at radius 3 is 2.19 bits per heavy atom. The molecular weight excluding hydrogens is 356 g/mol. The van der Waals surface area contributed by atoms with Gasteiger partial charge in [0.25, 0.3) is 0 Å². The van der Waals surface area contributed by atoms with E-state index >= 15 is 0 Å². The van der Waals surface area contributed by atoms with Gasteiger partial charge in [0, 0.05) is 24.8 Å². The van der Waals surface area contributed by atoms with Gasteiger partial charge in [-0.2, -0.15) is 0 Å². The monoisotopic (exact) mass is 388 g/mol. The van der Waals surface area contributed by atoms with Crippen LogP contribution in [0.1, 0.15) is 47.0 Å². The summed E-state index contributed by atoms with van der Waals surface area (Å²) in [4.78, 5) is 45.6. The highest BCUT2D eigenvalue weighted by Gasteiger charge is 2.21. The zero-order valence-electron chi connectivity index (χ0n) is 16.6. The largest absolute Gasteiger partial charge is 0.480 e. The molecule has 0 aromatic rings. The van der Waals surface area contributed by atoms with Crippen molar-refractivity contribution in [3.63, 3.8) is 0 Å². The van der Waals surface area contributed by atoms with Gasteiger partial charge in [-0.1, -0.05) is 27.7 Å². The Hall–Kier alpha value is -2.00. The molecule has 0 bridgehead atoms. The standard InChI is InChI=1S/C18H32N2O7/c1-5-15(22)20-13(17(24)25)6-7-16(23)19-8-9-26-10-11-27-12-14(21)18(2,3)4/h13H,5-12H2,1-4H3,(H,19,23)(H,20,22)(H,24,25)/t13-/m0/s1. The summed E-state index contributed by atoms with van der Waals surface area (Å²) in [5.41, 5.74) is -0.426. The molecule has 0 heterocycles. The number of carboxylic acids is 1. The van der Waals surface area contributed by atoms with Crippen LogP contribution in [0.4, 0.5) is 0 Å². The molecular formula is C18H32N2O7. The van der Waals surface area contributed by atoms with Crippen molar-refractivity contribution < 1.29 is 33.8 Å². The number of carboxylic acid groups (broad SMARTS) is 1. The molecule has 0 aromatic heterocycles. The van der Waals surface area contributed by atoms with E-state index in [9.17, 15) is 19.2 Å². The van der Waals surface area contributed by atoms with Gasteiger partial charge in [0.15, 0.2) is 5.78 Å². The average molecular weight is 388 g/mol. The fraction of sp³-hybridized carbons (Fsp3) is 0.778. The van der Waals surface area contributed by atoms with E-state index in [1.54, 1.807) is 6.92 Å². The summed E-state index contributed by atoms with van der Waals surface area (Å²) in [6.45, 7) is 8.29. The third-order valence-electron chi connectivity index (χ3n) is 3.62. The molecule has 2 amide bonds. The van der Waals surface area contributed by atoms with Crippen molar-refractivity contribution in [2.75, 3.05) is 33.0 Å². The number of hydrogen-bond donors (Lipinski definition) is 3. The molecule has 156 valence electrons.